The Labute approximate surface area is 171 Å². The van der Waals surface area contributed by atoms with Crippen molar-refractivity contribution in [2.45, 2.75) is 6.42 Å². The summed E-state index contributed by atoms with van der Waals surface area (Å²) in [5.41, 5.74) is 15.9. The number of aromatic amines is 1. The molecule has 4 aromatic rings. The molecule has 0 fully saturated rings. The molecule has 4 rings (SSSR count). The van der Waals surface area contributed by atoms with Gasteiger partial charge in [-0.25, -0.2) is 4.98 Å². The smallest absolute Gasteiger partial charge is 0.185 e. The molecule has 0 radical (unpaired) electrons. The number of halogens is 2. The van der Waals surface area contributed by atoms with Gasteiger partial charge in [0.25, 0.3) is 0 Å². The van der Waals surface area contributed by atoms with Crippen molar-refractivity contribution >= 4 is 62.3 Å². The molecule has 0 spiro atoms. The van der Waals surface area contributed by atoms with Crippen molar-refractivity contribution in [3.63, 3.8) is 0 Å². The summed E-state index contributed by atoms with van der Waals surface area (Å²) >= 11 is 12.1. The van der Waals surface area contributed by atoms with Gasteiger partial charge in [-0.1, -0.05) is 23.2 Å². The standard InChI is InChI=1S/C20H18Cl2N6/c21-12-1-3-17-15(8-12)16-9-14(27-13-2-4-18(22)26-10-13)7-11(19(16)28-17)5-6-25-20(23)24/h1-4,7-10,27-28H,5-6H2,(H4,23,24,25). The van der Waals surface area contributed by atoms with E-state index in [4.69, 9.17) is 34.7 Å². The summed E-state index contributed by atoms with van der Waals surface area (Å²) in [4.78, 5) is 11.7. The number of guanidine groups is 1. The predicted molar refractivity (Wildman–Crippen MR) is 118 cm³/mol. The normalized spacial score (nSPS) is 11.1. The minimum Gasteiger partial charge on any atom is -0.370 e. The van der Waals surface area contributed by atoms with Crippen molar-refractivity contribution in [3.05, 3.63) is 64.4 Å². The summed E-state index contributed by atoms with van der Waals surface area (Å²) in [6.07, 6.45) is 2.38. The number of rotatable bonds is 5. The van der Waals surface area contributed by atoms with Crippen LogP contribution in [-0.2, 0) is 6.42 Å². The van der Waals surface area contributed by atoms with Crippen LogP contribution in [0.4, 0.5) is 11.4 Å². The van der Waals surface area contributed by atoms with E-state index in [9.17, 15) is 0 Å². The van der Waals surface area contributed by atoms with Crippen molar-refractivity contribution < 1.29 is 0 Å². The number of H-pyrrole nitrogens is 1. The van der Waals surface area contributed by atoms with Crippen LogP contribution in [0.25, 0.3) is 21.8 Å². The van der Waals surface area contributed by atoms with Crippen LogP contribution in [-0.4, -0.2) is 22.5 Å². The second-order valence-electron chi connectivity index (χ2n) is 6.42. The quantitative estimate of drug-likeness (QED) is 0.218. The number of nitrogens with one attached hydrogen (secondary N) is 2. The van der Waals surface area contributed by atoms with Crippen LogP contribution in [0.2, 0.25) is 10.2 Å². The molecule has 142 valence electrons. The summed E-state index contributed by atoms with van der Waals surface area (Å²) < 4.78 is 0. The number of benzene rings is 2. The van der Waals surface area contributed by atoms with E-state index in [0.29, 0.717) is 23.1 Å². The first-order chi connectivity index (χ1) is 13.5. The molecule has 0 saturated carbocycles. The van der Waals surface area contributed by atoms with E-state index in [1.54, 1.807) is 12.3 Å². The van der Waals surface area contributed by atoms with Crippen LogP contribution in [0.5, 0.6) is 0 Å². The average molecular weight is 413 g/mol. The van der Waals surface area contributed by atoms with E-state index in [0.717, 1.165) is 38.7 Å². The molecule has 6 nitrogen and oxygen atoms in total. The number of anilines is 2. The molecule has 0 amide bonds. The molecule has 0 aliphatic heterocycles. The molecule has 8 heteroatoms. The highest BCUT2D eigenvalue weighted by Crippen LogP contribution is 2.33. The van der Waals surface area contributed by atoms with E-state index in [1.807, 2.05) is 24.3 Å². The molecule has 2 aromatic carbocycles. The van der Waals surface area contributed by atoms with E-state index >= 15 is 0 Å². The van der Waals surface area contributed by atoms with Gasteiger partial charge >= 0.3 is 0 Å². The number of hydrogen-bond acceptors (Lipinski definition) is 3. The summed E-state index contributed by atoms with van der Waals surface area (Å²) in [6, 6.07) is 13.6. The molecule has 0 bridgehead atoms. The molecule has 0 saturated heterocycles. The van der Waals surface area contributed by atoms with Crippen molar-refractivity contribution in [1.82, 2.24) is 9.97 Å². The highest BCUT2D eigenvalue weighted by molar-refractivity contribution is 6.32. The molecule has 0 unspecified atom stereocenters. The van der Waals surface area contributed by atoms with E-state index in [1.165, 1.54) is 0 Å². The fourth-order valence-electron chi connectivity index (χ4n) is 3.24. The summed E-state index contributed by atoms with van der Waals surface area (Å²) in [6.45, 7) is 0.500. The fourth-order valence-corrected chi connectivity index (χ4v) is 3.52. The Kier molecular flexibility index (Phi) is 4.98. The van der Waals surface area contributed by atoms with Crippen LogP contribution in [0.3, 0.4) is 0 Å². The number of fused-ring (bicyclic) bond motifs is 3. The van der Waals surface area contributed by atoms with E-state index < -0.39 is 0 Å². The second kappa shape index (κ2) is 7.58. The molecule has 28 heavy (non-hydrogen) atoms. The number of nitrogens with two attached hydrogens (primary N) is 2. The van der Waals surface area contributed by atoms with Gasteiger partial charge in [-0.15, -0.1) is 0 Å². The van der Waals surface area contributed by atoms with E-state index in [2.05, 4.69) is 32.4 Å². The van der Waals surface area contributed by atoms with Gasteiger partial charge in [0, 0.05) is 39.1 Å². The Morgan fingerprint density at radius 2 is 1.89 bits per heavy atom. The lowest BCUT2D eigenvalue weighted by Gasteiger charge is -2.10. The summed E-state index contributed by atoms with van der Waals surface area (Å²) in [7, 11) is 0. The summed E-state index contributed by atoms with van der Waals surface area (Å²) in [5.74, 6) is 0.0844. The molecular weight excluding hydrogens is 395 g/mol. The largest absolute Gasteiger partial charge is 0.370 e. The first-order valence-corrected chi connectivity index (χ1v) is 9.43. The zero-order chi connectivity index (χ0) is 19.7. The number of pyridine rings is 1. The van der Waals surface area contributed by atoms with Crippen molar-refractivity contribution in [2.24, 2.45) is 16.5 Å². The minimum absolute atomic E-state index is 0.0844. The Hall–Kier alpha value is -2.96. The van der Waals surface area contributed by atoms with Gasteiger partial charge in [-0.3, -0.25) is 4.99 Å². The molecule has 6 N–H and O–H groups in total. The van der Waals surface area contributed by atoms with Crippen molar-refractivity contribution in [3.8, 4) is 0 Å². The van der Waals surface area contributed by atoms with Crippen LogP contribution in [0.1, 0.15) is 5.56 Å². The van der Waals surface area contributed by atoms with Gasteiger partial charge in [0.05, 0.1) is 11.9 Å². The van der Waals surface area contributed by atoms with Gasteiger partial charge in [-0.05, 0) is 54.4 Å². The van der Waals surface area contributed by atoms with Crippen LogP contribution < -0.4 is 16.8 Å². The van der Waals surface area contributed by atoms with Crippen LogP contribution in [0, 0.1) is 0 Å². The number of nitrogens with zero attached hydrogens (tertiary/aromatic N) is 2. The van der Waals surface area contributed by atoms with Crippen molar-refractivity contribution in [1.29, 1.82) is 0 Å². The average Bonchev–Trinajstić information content (AvgIpc) is 3.01. The molecule has 0 aliphatic carbocycles. The van der Waals surface area contributed by atoms with Crippen molar-refractivity contribution in [2.75, 3.05) is 11.9 Å². The maximum Gasteiger partial charge on any atom is 0.185 e. The van der Waals surface area contributed by atoms with Gasteiger partial charge in [0.15, 0.2) is 5.96 Å². The molecule has 0 aliphatic rings. The highest BCUT2D eigenvalue weighted by Gasteiger charge is 2.11. The highest BCUT2D eigenvalue weighted by atomic mass is 35.5. The lowest BCUT2D eigenvalue weighted by atomic mass is 10.0. The zero-order valence-corrected chi connectivity index (χ0v) is 16.3. The van der Waals surface area contributed by atoms with Crippen LogP contribution in [0.15, 0.2) is 53.7 Å². The number of hydrogen-bond donors (Lipinski definition) is 4. The third-order valence-corrected chi connectivity index (χ3v) is 4.90. The van der Waals surface area contributed by atoms with Crippen LogP contribution >= 0.6 is 23.2 Å². The number of aromatic nitrogens is 2. The van der Waals surface area contributed by atoms with E-state index in [-0.39, 0.29) is 5.96 Å². The molecular formula is C20H18Cl2N6. The Morgan fingerprint density at radius 1 is 1.04 bits per heavy atom. The fraction of sp³-hybridized carbons (Fsp3) is 0.100. The van der Waals surface area contributed by atoms with Gasteiger partial charge in [-0.2, -0.15) is 0 Å². The maximum atomic E-state index is 6.22. The predicted octanol–water partition coefficient (Wildman–Crippen LogP) is 4.58. The first kappa shape index (κ1) is 18.4. The Balaban J connectivity index is 1.82. The second-order valence-corrected chi connectivity index (χ2v) is 7.25. The zero-order valence-electron chi connectivity index (χ0n) is 14.8. The molecule has 2 aromatic heterocycles. The lowest BCUT2D eigenvalue weighted by Crippen LogP contribution is -2.23. The SMILES string of the molecule is NC(N)=NCCc1cc(Nc2ccc(Cl)nc2)cc2c1[nH]c1ccc(Cl)cc12. The molecule has 2 heterocycles. The monoisotopic (exact) mass is 412 g/mol. The third-order valence-electron chi connectivity index (χ3n) is 4.44. The molecule has 0 atom stereocenters. The Bertz CT molecular complexity index is 1180. The summed E-state index contributed by atoms with van der Waals surface area (Å²) in [5, 5.41) is 6.65. The van der Waals surface area contributed by atoms with Gasteiger partial charge < -0.3 is 21.8 Å². The first-order valence-electron chi connectivity index (χ1n) is 8.67. The Morgan fingerprint density at radius 3 is 2.64 bits per heavy atom. The van der Waals surface area contributed by atoms with Gasteiger partial charge in [0.1, 0.15) is 5.15 Å². The third kappa shape index (κ3) is 3.83. The minimum atomic E-state index is 0.0844. The lowest BCUT2D eigenvalue weighted by molar-refractivity contribution is 0.968. The number of aliphatic imine (C=N–C) groups is 1. The maximum absolute atomic E-state index is 6.22. The topological polar surface area (TPSA) is 105 Å². The van der Waals surface area contributed by atoms with Gasteiger partial charge in [0.2, 0.25) is 0 Å².